The molecule has 4 rings (SSSR count). The molecular formula is C22H31ClN4O2. The van der Waals surface area contributed by atoms with E-state index in [0.29, 0.717) is 19.0 Å². The van der Waals surface area contributed by atoms with Crippen molar-refractivity contribution in [2.45, 2.75) is 76.8 Å². The number of halogens is 1. The van der Waals surface area contributed by atoms with Gasteiger partial charge in [-0.05, 0) is 69.7 Å². The Morgan fingerprint density at radius 2 is 2.21 bits per heavy atom. The van der Waals surface area contributed by atoms with E-state index in [2.05, 4.69) is 34.3 Å². The number of ether oxygens (including phenoxy) is 1. The van der Waals surface area contributed by atoms with Gasteiger partial charge < -0.3 is 9.84 Å². The Labute approximate surface area is 177 Å². The summed E-state index contributed by atoms with van der Waals surface area (Å²) in [5, 5.41) is 19.2. The summed E-state index contributed by atoms with van der Waals surface area (Å²) in [6, 6.07) is 6.62. The van der Waals surface area contributed by atoms with Gasteiger partial charge in [0.1, 0.15) is 0 Å². The monoisotopic (exact) mass is 418 g/mol. The number of nitrogens with zero attached hydrogens (tertiary/aromatic N) is 4. The number of benzene rings is 1. The highest BCUT2D eigenvalue weighted by Crippen LogP contribution is 2.44. The number of aliphatic hydroxyl groups is 1. The first-order valence-electron chi connectivity index (χ1n) is 10.5. The van der Waals surface area contributed by atoms with Crippen LogP contribution in [0.3, 0.4) is 0 Å². The van der Waals surface area contributed by atoms with Crippen LogP contribution in [0.2, 0.25) is 5.02 Å². The fourth-order valence-electron chi connectivity index (χ4n) is 4.60. The number of piperidine rings is 1. The van der Waals surface area contributed by atoms with Crippen molar-refractivity contribution >= 4 is 11.6 Å². The Balaban J connectivity index is 1.42. The average molecular weight is 419 g/mol. The van der Waals surface area contributed by atoms with Gasteiger partial charge in [0.15, 0.2) is 0 Å². The number of fused-ring (bicyclic) bond motifs is 2. The van der Waals surface area contributed by atoms with E-state index in [1.54, 1.807) is 0 Å². The minimum Gasteiger partial charge on any atom is -0.390 e. The molecule has 29 heavy (non-hydrogen) atoms. The van der Waals surface area contributed by atoms with Crippen LogP contribution in [0, 0.1) is 0 Å². The molecule has 1 saturated heterocycles. The fourth-order valence-corrected chi connectivity index (χ4v) is 4.78. The van der Waals surface area contributed by atoms with Crippen molar-refractivity contribution < 1.29 is 9.84 Å². The predicted octanol–water partition coefficient (Wildman–Crippen LogP) is 3.55. The minimum absolute atomic E-state index is 0.223. The van der Waals surface area contributed by atoms with E-state index in [1.807, 2.05) is 30.8 Å². The van der Waals surface area contributed by atoms with E-state index in [-0.39, 0.29) is 5.60 Å². The van der Waals surface area contributed by atoms with Crippen LogP contribution in [0.5, 0.6) is 0 Å². The third kappa shape index (κ3) is 4.66. The summed E-state index contributed by atoms with van der Waals surface area (Å²) in [6.07, 6.45) is 5.51. The Kier molecular flexibility index (Phi) is 5.73. The lowest BCUT2D eigenvalue weighted by Crippen LogP contribution is -2.50. The minimum atomic E-state index is -0.693. The van der Waals surface area contributed by atoms with Gasteiger partial charge in [-0.15, -0.1) is 5.10 Å². The fraction of sp³-hybridized carbons (Fsp3) is 0.636. The lowest BCUT2D eigenvalue weighted by Gasteiger charge is -2.48. The summed E-state index contributed by atoms with van der Waals surface area (Å²) < 4.78 is 8.21. The van der Waals surface area contributed by atoms with Crippen molar-refractivity contribution in [3.05, 3.63) is 46.2 Å². The molecule has 7 heteroatoms. The largest absolute Gasteiger partial charge is 0.390 e. The second-order valence-corrected chi connectivity index (χ2v) is 9.64. The summed E-state index contributed by atoms with van der Waals surface area (Å²) in [4.78, 5) is 2.46. The summed E-state index contributed by atoms with van der Waals surface area (Å²) in [6.45, 7) is 9.06. The summed E-state index contributed by atoms with van der Waals surface area (Å²) in [5.74, 6) is 0. The first kappa shape index (κ1) is 20.8. The van der Waals surface area contributed by atoms with Crippen molar-refractivity contribution in [1.82, 2.24) is 19.9 Å². The molecule has 2 aromatic rings. The van der Waals surface area contributed by atoms with Gasteiger partial charge in [0, 0.05) is 36.9 Å². The van der Waals surface area contributed by atoms with E-state index in [1.165, 1.54) is 11.1 Å². The van der Waals surface area contributed by atoms with E-state index in [9.17, 15) is 5.11 Å². The molecule has 0 amide bonds. The molecule has 3 heterocycles. The van der Waals surface area contributed by atoms with Gasteiger partial charge in [0.05, 0.1) is 23.5 Å². The maximum atomic E-state index is 9.90. The third-order valence-electron chi connectivity index (χ3n) is 6.27. The highest BCUT2D eigenvalue weighted by Gasteiger charge is 2.43. The predicted molar refractivity (Wildman–Crippen MR) is 113 cm³/mol. The van der Waals surface area contributed by atoms with Gasteiger partial charge in [0.2, 0.25) is 0 Å². The lowest BCUT2D eigenvalue weighted by molar-refractivity contribution is -0.113. The Bertz CT molecular complexity index is 863. The highest BCUT2D eigenvalue weighted by molar-refractivity contribution is 6.30. The van der Waals surface area contributed by atoms with Crippen LogP contribution in [0.1, 0.15) is 56.9 Å². The molecule has 0 radical (unpaired) electrons. The number of likely N-dealkylation sites (tertiary alicyclic amines) is 1. The number of rotatable bonds is 5. The van der Waals surface area contributed by atoms with Crippen LogP contribution in [0.25, 0.3) is 0 Å². The molecule has 1 aromatic carbocycles. The molecular weight excluding hydrogens is 388 g/mol. The molecule has 2 aliphatic heterocycles. The zero-order valence-corrected chi connectivity index (χ0v) is 18.3. The summed E-state index contributed by atoms with van der Waals surface area (Å²) in [7, 11) is 0. The highest BCUT2D eigenvalue weighted by atomic mass is 35.5. The molecule has 0 aliphatic carbocycles. The Morgan fingerprint density at radius 3 is 2.97 bits per heavy atom. The van der Waals surface area contributed by atoms with Crippen LogP contribution in [-0.2, 0) is 29.8 Å². The molecule has 1 N–H and O–H groups in total. The maximum Gasteiger partial charge on any atom is 0.0967 e. The van der Waals surface area contributed by atoms with E-state index in [0.717, 1.165) is 49.7 Å². The molecule has 6 nitrogen and oxygen atoms in total. The second-order valence-electron chi connectivity index (χ2n) is 9.20. The SMILES string of the molecule is C[C@H]1C[C@@]2(CCN1Cc1cn(CCC(C)(C)O)nn1)OCCc1ccc(Cl)cc12. The molecule has 0 unspecified atom stereocenters. The quantitative estimate of drug-likeness (QED) is 0.804. The summed E-state index contributed by atoms with van der Waals surface area (Å²) in [5.41, 5.74) is 2.70. The second kappa shape index (κ2) is 7.99. The molecule has 1 aromatic heterocycles. The number of aryl methyl sites for hydroxylation is 1. The number of aromatic nitrogens is 3. The number of hydrogen-bond acceptors (Lipinski definition) is 5. The van der Waals surface area contributed by atoms with Crippen molar-refractivity contribution in [1.29, 1.82) is 0 Å². The standard InChI is InChI=1S/C22H31ClN4O2/c1-16-13-22(20-12-18(23)5-4-17(20)6-11-29-22)8-9-26(16)14-19-15-27(25-24-19)10-7-21(2,3)28/h4-5,12,15-16,28H,6-11,13-14H2,1-3H3/t16-,22+/m0/s1. The molecule has 2 atom stereocenters. The van der Waals surface area contributed by atoms with Gasteiger partial charge in [-0.1, -0.05) is 22.9 Å². The van der Waals surface area contributed by atoms with Crippen LogP contribution in [-0.4, -0.2) is 49.8 Å². The van der Waals surface area contributed by atoms with Gasteiger partial charge in [0.25, 0.3) is 0 Å². The molecule has 2 aliphatic rings. The van der Waals surface area contributed by atoms with Gasteiger partial charge >= 0.3 is 0 Å². The van der Waals surface area contributed by atoms with Gasteiger partial charge in [-0.25, -0.2) is 0 Å². The van der Waals surface area contributed by atoms with Crippen LogP contribution in [0.4, 0.5) is 0 Å². The third-order valence-corrected chi connectivity index (χ3v) is 6.50. The maximum absolute atomic E-state index is 9.90. The van der Waals surface area contributed by atoms with Crippen LogP contribution < -0.4 is 0 Å². The van der Waals surface area contributed by atoms with Crippen molar-refractivity contribution in [3.8, 4) is 0 Å². The first-order valence-corrected chi connectivity index (χ1v) is 10.9. The topological polar surface area (TPSA) is 63.4 Å². The molecule has 0 saturated carbocycles. The molecule has 1 fully saturated rings. The van der Waals surface area contributed by atoms with Crippen molar-refractivity contribution in [2.75, 3.05) is 13.2 Å². The van der Waals surface area contributed by atoms with Crippen molar-refractivity contribution in [2.24, 2.45) is 0 Å². The zero-order chi connectivity index (χ0) is 20.6. The van der Waals surface area contributed by atoms with Gasteiger partial charge in [-0.2, -0.15) is 0 Å². The lowest BCUT2D eigenvalue weighted by atomic mass is 9.77. The first-order chi connectivity index (χ1) is 13.7. The van der Waals surface area contributed by atoms with E-state index >= 15 is 0 Å². The molecule has 158 valence electrons. The average Bonchev–Trinajstić information content (AvgIpc) is 3.10. The Morgan fingerprint density at radius 1 is 1.38 bits per heavy atom. The molecule has 1 spiro atoms. The summed E-state index contributed by atoms with van der Waals surface area (Å²) >= 11 is 6.31. The molecule has 0 bridgehead atoms. The van der Waals surface area contributed by atoms with E-state index in [4.69, 9.17) is 16.3 Å². The van der Waals surface area contributed by atoms with Crippen molar-refractivity contribution in [3.63, 3.8) is 0 Å². The smallest absolute Gasteiger partial charge is 0.0967 e. The van der Waals surface area contributed by atoms with E-state index < -0.39 is 5.60 Å². The normalized spacial score (nSPS) is 25.3. The Hall–Kier alpha value is -1.47. The van der Waals surface area contributed by atoms with Crippen LogP contribution >= 0.6 is 11.6 Å². The van der Waals surface area contributed by atoms with Crippen LogP contribution in [0.15, 0.2) is 24.4 Å². The zero-order valence-electron chi connectivity index (χ0n) is 17.6. The van der Waals surface area contributed by atoms with Gasteiger partial charge in [-0.3, -0.25) is 9.58 Å². The number of hydrogen-bond donors (Lipinski definition) is 1.